The Labute approximate surface area is 219 Å². The number of hydrogen-bond acceptors (Lipinski definition) is 7. The highest BCUT2D eigenvalue weighted by molar-refractivity contribution is 6.35. The fourth-order valence-corrected chi connectivity index (χ4v) is 4.13. The molecule has 0 saturated heterocycles. The van der Waals surface area contributed by atoms with E-state index >= 15 is 0 Å². The molecule has 0 saturated carbocycles. The van der Waals surface area contributed by atoms with Crippen LogP contribution in [0.3, 0.4) is 0 Å². The van der Waals surface area contributed by atoms with E-state index in [1.54, 1.807) is 67.6 Å². The number of hydrogen-bond donors (Lipinski definition) is 1. The van der Waals surface area contributed by atoms with E-state index in [9.17, 15) is 9.59 Å². The monoisotopic (exact) mass is 520 g/mol. The second-order valence-electron chi connectivity index (χ2n) is 7.86. The summed E-state index contributed by atoms with van der Waals surface area (Å²) in [7, 11) is 4.57. The van der Waals surface area contributed by atoms with Crippen molar-refractivity contribution in [1.82, 2.24) is 4.98 Å². The number of para-hydroxylation sites is 1. The highest BCUT2D eigenvalue weighted by Gasteiger charge is 2.19. The summed E-state index contributed by atoms with van der Waals surface area (Å²) in [6.07, 6.45) is 0. The number of aromatic nitrogens is 1. The first-order chi connectivity index (χ1) is 17.9. The average molecular weight is 521 g/mol. The van der Waals surface area contributed by atoms with Gasteiger partial charge in [0.25, 0.3) is 5.91 Å². The highest BCUT2D eigenvalue weighted by atomic mass is 35.5. The van der Waals surface area contributed by atoms with Crippen molar-refractivity contribution < 1.29 is 28.5 Å². The maximum absolute atomic E-state index is 13.5. The molecule has 0 aliphatic heterocycles. The van der Waals surface area contributed by atoms with Crippen molar-refractivity contribution in [1.29, 1.82) is 0 Å². The van der Waals surface area contributed by atoms with Crippen LogP contribution < -0.4 is 19.5 Å². The summed E-state index contributed by atoms with van der Waals surface area (Å²) in [4.78, 5) is 30.4. The van der Waals surface area contributed by atoms with Gasteiger partial charge in [-0.25, -0.2) is 9.78 Å². The third-order valence-corrected chi connectivity index (χ3v) is 5.93. The molecule has 0 atom stereocenters. The van der Waals surface area contributed by atoms with Gasteiger partial charge in [0.05, 0.1) is 55.3 Å². The van der Waals surface area contributed by atoms with Crippen molar-refractivity contribution in [3.63, 3.8) is 0 Å². The lowest BCUT2D eigenvalue weighted by Crippen LogP contribution is -2.14. The number of halogens is 1. The average Bonchev–Trinajstić information content (AvgIpc) is 2.92. The molecule has 4 rings (SSSR count). The molecule has 0 fully saturated rings. The SMILES string of the molecule is CCOC(=O)c1cccc(NC(=O)c2cc(-c3cc(OC)c(OC)c(OC)c3)nc3c(Cl)cccc23)c1. The summed E-state index contributed by atoms with van der Waals surface area (Å²) in [5.74, 6) is 0.459. The van der Waals surface area contributed by atoms with Crippen LogP contribution in [-0.4, -0.2) is 44.8 Å². The minimum absolute atomic E-state index is 0.253. The van der Waals surface area contributed by atoms with Crippen LogP contribution in [-0.2, 0) is 4.74 Å². The minimum atomic E-state index is -0.468. The molecule has 0 unspecified atom stereocenters. The quantitative estimate of drug-likeness (QED) is 0.284. The Morgan fingerprint density at radius 3 is 2.27 bits per heavy atom. The van der Waals surface area contributed by atoms with Gasteiger partial charge in [0.1, 0.15) is 0 Å². The number of amides is 1. The van der Waals surface area contributed by atoms with Gasteiger partial charge in [0.2, 0.25) is 5.75 Å². The Bertz CT molecular complexity index is 1460. The molecule has 0 spiro atoms. The van der Waals surface area contributed by atoms with Gasteiger partial charge in [-0.15, -0.1) is 0 Å². The summed E-state index contributed by atoms with van der Waals surface area (Å²) in [6.45, 7) is 1.98. The van der Waals surface area contributed by atoms with Gasteiger partial charge in [-0.05, 0) is 49.4 Å². The Hall–Kier alpha value is -4.30. The summed E-state index contributed by atoms with van der Waals surface area (Å²) >= 11 is 6.49. The van der Waals surface area contributed by atoms with Crippen molar-refractivity contribution in [3.05, 3.63) is 76.8 Å². The van der Waals surface area contributed by atoms with Gasteiger partial charge in [-0.3, -0.25) is 4.79 Å². The molecular weight excluding hydrogens is 496 g/mol. The highest BCUT2D eigenvalue weighted by Crippen LogP contribution is 2.41. The van der Waals surface area contributed by atoms with E-state index < -0.39 is 11.9 Å². The number of fused-ring (bicyclic) bond motifs is 1. The van der Waals surface area contributed by atoms with Crippen LogP contribution in [0, 0.1) is 0 Å². The topological polar surface area (TPSA) is 96.0 Å². The predicted molar refractivity (Wildman–Crippen MR) is 142 cm³/mol. The molecule has 1 heterocycles. The molecule has 3 aromatic carbocycles. The number of benzene rings is 3. The van der Waals surface area contributed by atoms with Crippen molar-refractivity contribution in [2.45, 2.75) is 6.92 Å². The minimum Gasteiger partial charge on any atom is -0.493 e. The number of methoxy groups -OCH3 is 3. The molecule has 37 heavy (non-hydrogen) atoms. The van der Waals surface area contributed by atoms with Crippen LogP contribution in [0.2, 0.25) is 5.02 Å². The van der Waals surface area contributed by atoms with Gasteiger partial charge >= 0.3 is 5.97 Å². The van der Waals surface area contributed by atoms with Crippen molar-refractivity contribution in [3.8, 4) is 28.5 Å². The third kappa shape index (κ3) is 5.29. The first-order valence-corrected chi connectivity index (χ1v) is 11.8. The van der Waals surface area contributed by atoms with Gasteiger partial charge < -0.3 is 24.3 Å². The smallest absolute Gasteiger partial charge is 0.338 e. The molecule has 1 amide bonds. The van der Waals surface area contributed by atoms with E-state index in [-0.39, 0.29) is 6.61 Å². The first kappa shape index (κ1) is 25.8. The molecule has 0 aliphatic rings. The van der Waals surface area contributed by atoms with Crippen LogP contribution in [0.4, 0.5) is 5.69 Å². The number of carbonyl (C=O) groups is 2. The fourth-order valence-electron chi connectivity index (χ4n) is 3.91. The zero-order valence-electron chi connectivity index (χ0n) is 20.8. The van der Waals surface area contributed by atoms with Gasteiger partial charge in [0.15, 0.2) is 11.5 Å². The number of esters is 1. The molecule has 4 aromatic rings. The summed E-state index contributed by atoms with van der Waals surface area (Å²) in [5.41, 5.74) is 2.69. The number of anilines is 1. The van der Waals surface area contributed by atoms with Crippen molar-refractivity contribution >= 4 is 40.1 Å². The molecule has 190 valence electrons. The number of nitrogens with one attached hydrogen (secondary N) is 1. The maximum Gasteiger partial charge on any atom is 0.338 e. The van der Waals surface area contributed by atoms with E-state index in [1.165, 1.54) is 21.3 Å². The predicted octanol–water partition coefficient (Wildman–Crippen LogP) is 6.01. The number of ether oxygens (including phenoxy) is 4. The van der Waals surface area contributed by atoms with Crippen LogP contribution in [0.5, 0.6) is 17.2 Å². The Morgan fingerprint density at radius 1 is 0.919 bits per heavy atom. The molecule has 0 aliphatic carbocycles. The van der Waals surface area contributed by atoms with Crippen molar-refractivity contribution in [2.75, 3.05) is 33.3 Å². The van der Waals surface area contributed by atoms with E-state index in [4.69, 9.17) is 35.5 Å². The van der Waals surface area contributed by atoms with Crippen LogP contribution in [0.1, 0.15) is 27.6 Å². The van der Waals surface area contributed by atoms with Crippen LogP contribution in [0.15, 0.2) is 60.7 Å². The Morgan fingerprint density at radius 2 is 1.62 bits per heavy atom. The van der Waals surface area contributed by atoms with E-state index in [1.807, 2.05) is 0 Å². The van der Waals surface area contributed by atoms with Crippen LogP contribution in [0.25, 0.3) is 22.2 Å². The molecule has 1 aromatic heterocycles. The van der Waals surface area contributed by atoms with Crippen LogP contribution >= 0.6 is 11.6 Å². The zero-order chi connectivity index (χ0) is 26.5. The first-order valence-electron chi connectivity index (χ1n) is 11.4. The molecule has 0 radical (unpaired) electrons. The second kappa shape index (κ2) is 11.2. The lowest BCUT2D eigenvalue weighted by atomic mass is 10.0. The summed E-state index contributed by atoms with van der Waals surface area (Å²) in [6, 6.07) is 16.9. The largest absolute Gasteiger partial charge is 0.493 e. The molecule has 8 nitrogen and oxygen atoms in total. The molecular formula is C28H25ClN2O6. The van der Waals surface area contributed by atoms with E-state index in [0.717, 1.165) is 0 Å². The third-order valence-electron chi connectivity index (χ3n) is 5.63. The van der Waals surface area contributed by atoms with Gasteiger partial charge in [0, 0.05) is 16.6 Å². The Kier molecular flexibility index (Phi) is 7.79. The van der Waals surface area contributed by atoms with Crippen molar-refractivity contribution in [2.24, 2.45) is 0 Å². The number of nitrogens with zero attached hydrogens (tertiary/aromatic N) is 1. The normalized spacial score (nSPS) is 10.6. The lowest BCUT2D eigenvalue weighted by molar-refractivity contribution is 0.0526. The lowest BCUT2D eigenvalue weighted by Gasteiger charge is -2.15. The van der Waals surface area contributed by atoms with Gasteiger partial charge in [-0.1, -0.05) is 29.8 Å². The molecule has 1 N–H and O–H groups in total. The van der Waals surface area contributed by atoms with Gasteiger partial charge in [-0.2, -0.15) is 0 Å². The standard InChI is InChI=1S/C28H25ClN2O6/c1-5-37-28(33)16-8-6-9-18(12-16)30-27(32)20-15-22(31-25-19(20)10-7-11-21(25)29)17-13-23(34-2)26(36-4)24(14-17)35-3/h6-15H,5H2,1-4H3,(H,30,32). The second-order valence-corrected chi connectivity index (χ2v) is 8.27. The molecule has 9 heteroatoms. The number of rotatable bonds is 8. The molecule has 0 bridgehead atoms. The summed E-state index contributed by atoms with van der Waals surface area (Å²) in [5, 5.41) is 3.83. The van der Waals surface area contributed by atoms with E-state index in [2.05, 4.69) is 5.32 Å². The summed E-state index contributed by atoms with van der Waals surface area (Å²) < 4.78 is 21.4. The van der Waals surface area contributed by atoms with E-state index in [0.29, 0.717) is 61.2 Å². The Balaban J connectivity index is 1.82. The zero-order valence-corrected chi connectivity index (χ0v) is 21.5. The maximum atomic E-state index is 13.5. The number of pyridine rings is 1. The number of carbonyl (C=O) groups excluding carboxylic acids is 2. The fraction of sp³-hybridized carbons (Fsp3) is 0.179.